The second-order valence-electron chi connectivity index (χ2n) is 2.33. The zero-order valence-electron chi connectivity index (χ0n) is 5.69. The molecule has 1 aliphatic rings. The molecule has 0 unspecified atom stereocenters. The molecule has 1 aliphatic carbocycles. The number of carbonyl (C=O) groups excluding carboxylic acids is 1. The molecule has 0 bridgehead atoms. The van der Waals surface area contributed by atoms with Crippen LogP contribution in [0, 0.1) is 10.8 Å². The topological polar surface area (TPSA) is 64.8 Å². The lowest BCUT2D eigenvalue weighted by Crippen LogP contribution is -2.21. The van der Waals surface area contributed by atoms with Crippen molar-refractivity contribution in [2.75, 3.05) is 0 Å². The van der Waals surface area contributed by atoms with Gasteiger partial charge in [-0.1, -0.05) is 0 Å². The van der Waals surface area contributed by atoms with Gasteiger partial charge in [-0.2, -0.15) is 0 Å². The van der Waals surface area contributed by atoms with Gasteiger partial charge in [-0.3, -0.25) is 4.79 Å². The van der Waals surface area contributed by atoms with E-state index in [-0.39, 0.29) is 17.9 Å². The van der Waals surface area contributed by atoms with E-state index in [1.165, 1.54) is 6.08 Å². The molecular weight excluding hydrogens is 128 g/mol. The summed E-state index contributed by atoms with van der Waals surface area (Å²) in [6.45, 7) is 1.71. The summed E-state index contributed by atoms with van der Waals surface area (Å²) in [5.74, 6) is -0.256. The molecule has 0 fully saturated rings. The molecule has 2 N–H and O–H groups in total. The van der Waals surface area contributed by atoms with Crippen molar-refractivity contribution in [3.63, 3.8) is 0 Å². The summed E-state index contributed by atoms with van der Waals surface area (Å²) in [7, 11) is 0. The maximum absolute atomic E-state index is 10.8. The average Bonchev–Trinajstić information content (AvgIpc) is 1.84. The molecule has 0 aromatic carbocycles. The Morgan fingerprint density at radius 1 is 1.40 bits per heavy atom. The Labute approximate surface area is 58.8 Å². The number of hydrogen-bond acceptors (Lipinski definition) is 3. The van der Waals surface area contributed by atoms with Gasteiger partial charge in [-0.15, -0.1) is 0 Å². The number of hydrogen-bond donors (Lipinski definition) is 2. The molecule has 3 nitrogen and oxygen atoms in total. The van der Waals surface area contributed by atoms with E-state index < -0.39 is 0 Å². The van der Waals surface area contributed by atoms with Gasteiger partial charge in [0.1, 0.15) is 0 Å². The van der Waals surface area contributed by atoms with Crippen LogP contribution in [0.4, 0.5) is 0 Å². The third-order valence-corrected chi connectivity index (χ3v) is 1.47. The van der Waals surface area contributed by atoms with E-state index in [0.717, 1.165) is 0 Å². The second kappa shape index (κ2) is 2.17. The molecule has 0 radical (unpaired) electrons. The Morgan fingerprint density at radius 2 is 2.00 bits per heavy atom. The molecular formula is C7H8N2O. The molecule has 1 rings (SSSR count). The fourth-order valence-corrected chi connectivity index (χ4v) is 0.774. The van der Waals surface area contributed by atoms with E-state index in [2.05, 4.69) is 0 Å². The molecule has 0 atom stereocenters. The number of allylic oxidation sites excluding steroid dienone is 2. The van der Waals surface area contributed by atoms with Crippen molar-refractivity contribution in [2.45, 2.75) is 13.3 Å². The maximum Gasteiger partial charge on any atom is 0.200 e. The fraction of sp³-hybridized carbons (Fsp3) is 0.286. The van der Waals surface area contributed by atoms with E-state index in [0.29, 0.717) is 11.3 Å². The predicted molar refractivity (Wildman–Crippen MR) is 38.8 cm³/mol. The smallest absolute Gasteiger partial charge is 0.200 e. The minimum absolute atomic E-state index is 0.0237. The molecule has 0 saturated carbocycles. The molecule has 0 spiro atoms. The summed E-state index contributed by atoms with van der Waals surface area (Å²) in [6.07, 6.45) is 1.54. The Kier molecular flexibility index (Phi) is 1.49. The summed E-state index contributed by atoms with van der Waals surface area (Å²) in [5, 5.41) is 14.3. The van der Waals surface area contributed by atoms with Crippen molar-refractivity contribution < 1.29 is 4.79 Å². The van der Waals surface area contributed by atoms with Crippen LogP contribution in [0.2, 0.25) is 0 Å². The van der Waals surface area contributed by atoms with E-state index in [1.807, 2.05) is 0 Å². The van der Waals surface area contributed by atoms with E-state index in [1.54, 1.807) is 6.92 Å². The SMILES string of the molecule is CC1=CC(=O)C(=N)CC1=N. The summed E-state index contributed by atoms with van der Waals surface area (Å²) in [6, 6.07) is 0. The number of ketones is 1. The first-order chi connectivity index (χ1) is 4.61. The van der Waals surface area contributed by atoms with Crippen molar-refractivity contribution in [2.24, 2.45) is 0 Å². The predicted octanol–water partition coefficient (Wildman–Crippen LogP) is 0.945. The van der Waals surface area contributed by atoms with E-state index in [4.69, 9.17) is 10.8 Å². The first-order valence-electron chi connectivity index (χ1n) is 2.99. The lowest BCUT2D eigenvalue weighted by atomic mass is 9.96. The van der Waals surface area contributed by atoms with Gasteiger partial charge in [-0.25, -0.2) is 0 Å². The van der Waals surface area contributed by atoms with Gasteiger partial charge in [0.15, 0.2) is 5.78 Å². The van der Waals surface area contributed by atoms with Crippen molar-refractivity contribution in [3.05, 3.63) is 11.6 Å². The van der Waals surface area contributed by atoms with Gasteiger partial charge in [-0.05, 0) is 18.6 Å². The van der Waals surface area contributed by atoms with Crippen LogP contribution in [0.3, 0.4) is 0 Å². The standard InChI is InChI=1S/C7H8N2O/c1-4-2-7(10)6(9)3-5(4)8/h2,8-9H,3H2,1H3. The van der Waals surface area contributed by atoms with Crippen LogP contribution in [0.1, 0.15) is 13.3 Å². The molecule has 0 heterocycles. The Morgan fingerprint density at radius 3 is 2.50 bits per heavy atom. The Balaban J connectivity index is 3.01. The van der Waals surface area contributed by atoms with E-state index >= 15 is 0 Å². The highest BCUT2D eigenvalue weighted by Gasteiger charge is 2.16. The van der Waals surface area contributed by atoms with Crippen molar-refractivity contribution in [3.8, 4) is 0 Å². The zero-order chi connectivity index (χ0) is 7.72. The molecule has 0 amide bonds. The fourth-order valence-electron chi connectivity index (χ4n) is 0.774. The zero-order valence-corrected chi connectivity index (χ0v) is 5.69. The third-order valence-electron chi connectivity index (χ3n) is 1.47. The summed E-state index contributed by atoms with van der Waals surface area (Å²) < 4.78 is 0. The van der Waals surface area contributed by atoms with Crippen LogP contribution < -0.4 is 0 Å². The Hall–Kier alpha value is -1.25. The minimum Gasteiger partial charge on any atom is -0.305 e. The first-order valence-corrected chi connectivity index (χ1v) is 2.99. The highest BCUT2D eigenvalue weighted by Crippen LogP contribution is 2.07. The van der Waals surface area contributed by atoms with Crippen LogP contribution in [0.15, 0.2) is 11.6 Å². The van der Waals surface area contributed by atoms with Crippen LogP contribution in [-0.4, -0.2) is 17.2 Å². The lowest BCUT2D eigenvalue weighted by molar-refractivity contribution is -0.109. The number of carbonyl (C=O) groups is 1. The summed E-state index contributed by atoms with van der Waals surface area (Å²) >= 11 is 0. The maximum atomic E-state index is 10.8. The number of nitrogens with one attached hydrogen (secondary N) is 2. The molecule has 3 heteroatoms. The van der Waals surface area contributed by atoms with Crippen LogP contribution in [0.25, 0.3) is 0 Å². The molecule has 0 aromatic heterocycles. The van der Waals surface area contributed by atoms with Crippen LogP contribution >= 0.6 is 0 Å². The van der Waals surface area contributed by atoms with Crippen LogP contribution in [-0.2, 0) is 4.79 Å². The molecule has 10 heavy (non-hydrogen) atoms. The Bertz CT molecular complexity index is 250. The summed E-state index contributed by atoms with van der Waals surface area (Å²) in [5.41, 5.74) is 1.08. The van der Waals surface area contributed by atoms with Gasteiger partial charge < -0.3 is 10.8 Å². The monoisotopic (exact) mass is 136 g/mol. The van der Waals surface area contributed by atoms with Gasteiger partial charge in [0.2, 0.25) is 0 Å². The average molecular weight is 136 g/mol. The molecule has 52 valence electrons. The minimum atomic E-state index is -0.256. The quantitative estimate of drug-likeness (QED) is 0.511. The number of rotatable bonds is 0. The molecule has 0 aliphatic heterocycles. The largest absolute Gasteiger partial charge is 0.305 e. The molecule has 0 aromatic rings. The van der Waals surface area contributed by atoms with Crippen molar-refractivity contribution in [1.82, 2.24) is 0 Å². The lowest BCUT2D eigenvalue weighted by Gasteiger charge is -2.09. The van der Waals surface area contributed by atoms with Crippen LogP contribution in [0.5, 0.6) is 0 Å². The van der Waals surface area contributed by atoms with Crippen molar-refractivity contribution in [1.29, 1.82) is 10.8 Å². The van der Waals surface area contributed by atoms with Gasteiger partial charge >= 0.3 is 0 Å². The molecule has 0 saturated heterocycles. The second-order valence-corrected chi connectivity index (χ2v) is 2.33. The van der Waals surface area contributed by atoms with Gasteiger partial charge in [0.25, 0.3) is 0 Å². The van der Waals surface area contributed by atoms with E-state index in [9.17, 15) is 4.79 Å². The highest BCUT2D eigenvalue weighted by molar-refractivity contribution is 6.49. The third kappa shape index (κ3) is 1.03. The van der Waals surface area contributed by atoms with Crippen molar-refractivity contribution >= 4 is 17.2 Å². The highest BCUT2D eigenvalue weighted by atomic mass is 16.1. The summed E-state index contributed by atoms with van der Waals surface area (Å²) in [4.78, 5) is 10.8. The van der Waals surface area contributed by atoms with Gasteiger partial charge in [0.05, 0.1) is 5.71 Å². The normalized spacial score (nSPS) is 19.3. The van der Waals surface area contributed by atoms with Gasteiger partial charge in [0, 0.05) is 12.1 Å². The first kappa shape index (κ1) is 6.86.